The van der Waals surface area contributed by atoms with Crippen molar-refractivity contribution in [2.45, 2.75) is 33.2 Å². The Morgan fingerprint density at radius 3 is 2.53 bits per heavy atom. The summed E-state index contributed by atoms with van der Waals surface area (Å²) in [6, 6.07) is 7.82. The highest BCUT2D eigenvalue weighted by atomic mass is 16.7. The number of hydrogen-bond donors (Lipinski definition) is 0. The molecule has 30 heavy (non-hydrogen) atoms. The lowest BCUT2D eigenvalue weighted by Gasteiger charge is -2.40. The zero-order valence-corrected chi connectivity index (χ0v) is 18.1. The number of benzene rings is 2. The summed E-state index contributed by atoms with van der Waals surface area (Å²) in [5.74, 6) is 2.98. The van der Waals surface area contributed by atoms with Gasteiger partial charge in [0.25, 0.3) is 0 Å². The molecule has 2 aliphatic heterocycles. The Morgan fingerprint density at radius 2 is 1.90 bits per heavy atom. The SMILES string of the molecule is CCN1C(c2cc3c(cc2C)OCO3)=Cc2ccc(OC)c(OC)c2C1CC(C)=O. The first kappa shape index (κ1) is 20.1. The van der Waals surface area contributed by atoms with Gasteiger partial charge in [-0.2, -0.15) is 0 Å². The molecule has 1 unspecified atom stereocenters. The molecule has 6 nitrogen and oxygen atoms in total. The first-order valence-corrected chi connectivity index (χ1v) is 10.1. The minimum Gasteiger partial charge on any atom is -0.493 e. The molecule has 2 aromatic carbocycles. The molecule has 2 aromatic rings. The molecule has 2 heterocycles. The van der Waals surface area contributed by atoms with Gasteiger partial charge in [0.05, 0.1) is 20.3 Å². The lowest BCUT2D eigenvalue weighted by molar-refractivity contribution is -0.118. The number of ether oxygens (including phenoxy) is 4. The van der Waals surface area contributed by atoms with E-state index in [-0.39, 0.29) is 18.6 Å². The minimum absolute atomic E-state index is 0.123. The van der Waals surface area contributed by atoms with Crippen LogP contribution in [0.2, 0.25) is 0 Å². The third-order valence-corrected chi connectivity index (χ3v) is 5.75. The van der Waals surface area contributed by atoms with Crippen molar-refractivity contribution in [3.63, 3.8) is 0 Å². The van der Waals surface area contributed by atoms with Crippen molar-refractivity contribution in [2.75, 3.05) is 27.6 Å². The molecule has 0 fully saturated rings. The maximum absolute atomic E-state index is 12.2. The summed E-state index contributed by atoms with van der Waals surface area (Å²) in [5.41, 5.74) is 5.22. The predicted molar refractivity (Wildman–Crippen MR) is 115 cm³/mol. The quantitative estimate of drug-likeness (QED) is 0.695. The topological polar surface area (TPSA) is 57.2 Å². The first-order valence-electron chi connectivity index (χ1n) is 10.1. The van der Waals surface area contributed by atoms with Gasteiger partial charge in [-0.05, 0) is 56.2 Å². The molecule has 0 saturated carbocycles. The van der Waals surface area contributed by atoms with Gasteiger partial charge in [0.2, 0.25) is 6.79 Å². The zero-order valence-electron chi connectivity index (χ0n) is 18.1. The van der Waals surface area contributed by atoms with E-state index >= 15 is 0 Å². The van der Waals surface area contributed by atoms with Crippen molar-refractivity contribution >= 4 is 17.6 Å². The fraction of sp³-hybridized carbons (Fsp3) is 0.375. The molecule has 0 aliphatic carbocycles. The Balaban J connectivity index is 1.94. The number of fused-ring (bicyclic) bond motifs is 2. The summed E-state index contributed by atoms with van der Waals surface area (Å²) < 4.78 is 22.4. The number of ketones is 1. The van der Waals surface area contributed by atoms with Gasteiger partial charge in [0.1, 0.15) is 5.78 Å². The van der Waals surface area contributed by atoms with Crippen molar-refractivity contribution in [2.24, 2.45) is 0 Å². The molecular weight excluding hydrogens is 382 g/mol. The van der Waals surface area contributed by atoms with E-state index < -0.39 is 0 Å². The van der Waals surface area contributed by atoms with Crippen LogP contribution < -0.4 is 18.9 Å². The van der Waals surface area contributed by atoms with E-state index in [1.165, 1.54) is 0 Å². The molecule has 4 rings (SSSR count). The number of carbonyl (C=O) groups is 1. The van der Waals surface area contributed by atoms with E-state index in [1.807, 2.05) is 24.3 Å². The van der Waals surface area contributed by atoms with Gasteiger partial charge in [0, 0.05) is 29.8 Å². The van der Waals surface area contributed by atoms with Crippen LogP contribution in [0.1, 0.15) is 48.6 Å². The van der Waals surface area contributed by atoms with Crippen molar-refractivity contribution in [1.29, 1.82) is 0 Å². The Morgan fingerprint density at radius 1 is 1.17 bits per heavy atom. The van der Waals surface area contributed by atoms with Crippen molar-refractivity contribution in [3.05, 3.63) is 46.5 Å². The molecule has 0 bridgehead atoms. The summed E-state index contributed by atoms with van der Waals surface area (Å²) in [5, 5.41) is 0. The monoisotopic (exact) mass is 409 g/mol. The molecule has 2 aliphatic rings. The summed E-state index contributed by atoms with van der Waals surface area (Å²) in [6.07, 6.45) is 2.53. The fourth-order valence-corrected chi connectivity index (χ4v) is 4.42. The lowest BCUT2D eigenvalue weighted by atomic mass is 9.87. The largest absolute Gasteiger partial charge is 0.493 e. The molecular formula is C24H27NO5. The smallest absolute Gasteiger partial charge is 0.231 e. The van der Waals surface area contributed by atoms with Crippen LogP contribution in [0.4, 0.5) is 0 Å². The van der Waals surface area contributed by atoms with E-state index in [1.54, 1.807) is 21.1 Å². The summed E-state index contributed by atoms with van der Waals surface area (Å²) in [7, 11) is 3.27. The number of carbonyl (C=O) groups excluding carboxylic acids is 1. The van der Waals surface area contributed by atoms with Gasteiger partial charge in [-0.15, -0.1) is 0 Å². The van der Waals surface area contributed by atoms with Crippen molar-refractivity contribution < 1.29 is 23.7 Å². The molecule has 0 radical (unpaired) electrons. The van der Waals surface area contributed by atoms with E-state index in [4.69, 9.17) is 18.9 Å². The van der Waals surface area contributed by atoms with Crippen LogP contribution in [0.5, 0.6) is 23.0 Å². The van der Waals surface area contributed by atoms with Crippen LogP contribution in [0.25, 0.3) is 11.8 Å². The Kier molecular flexibility index (Phi) is 5.33. The van der Waals surface area contributed by atoms with Gasteiger partial charge in [-0.3, -0.25) is 4.79 Å². The number of rotatable bonds is 6. The fourth-order valence-electron chi connectivity index (χ4n) is 4.42. The van der Waals surface area contributed by atoms with Crippen LogP contribution in [0, 0.1) is 6.92 Å². The summed E-state index contributed by atoms with van der Waals surface area (Å²) in [4.78, 5) is 14.5. The van der Waals surface area contributed by atoms with Gasteiger partial charge < -0.3 is 23.8 Å². The maximum Gasteiger partial charge on any atom is 0.231 e. The number of nitrogens with zero attached hydrogens (tertiary/aromatic N) is 1. The zero-order chi connectivity index (χ0) is 21.4. The summed E-state index contributed by atoms with van der Waals surface area (Å²) >= 11 is 0. The highest BCUT2D eigenvalue weighted by molar-refractivity contribution is 5.88. The maximum atomic E-state index is 12.2. The minimum atomic E-state index is -0.155. The van der Waals surface area contributed by atoms with Crippen LogP contribution in [0.15, 0.2) is 24.3 Å². The molecule has 0 spiro atoms. The molecule has 0 amide bonds. The Hall–Kier alpha value is -3.15. The molecule has 0 saturated heterocycles. The number of methoxy groups -OCH3 is 2. The number of Topliss-reactive ketones (excluding diaryl/α,β-unsaturated/α-hetero) is 1. The van der Waals surface area contributed by atoms with Crippen LogP contribution in [0.3, 0.4) is 0 Å². The van der Waals surface area contributed by atoms with Gasteiger partial charge in [-0.25, -0.2) is 0 Å². The average Bonchev–Trinajstić information content (AvgIpc) is 3.18. The Labute approximate surface area is 177 Å². The predicted octanol–water partition coefficient (Wildman–Crippen LogP) is 4.59. The second-order valence-corrected chi connectivity index (χ2v) is 7.56. The van der Waals surface area contributed by atoms with E-state index in [0.29, 0.717) is 17.9 Å². The number of aryl methyl sites for hydroxylation is 1. The molecule has 6 heteroatoms. The van der Waals surface area contributed by atoms with E-state index in [2.05, 4.69) is 24.8 Å². The first-order chi connectivity index (χ1) is 14.5. The lowest BCUT2D eigenvalue weighted by Crippen LogP contribution is -2.32. The van der Waals surface area contributed by atoms with Gasteiger partial charge in [0.15, 0.2) is 23.0 Å². The molecule has 0 aromatic heterocycles. The second kappa shape index (κ2) is 7.94. The van der Waals surface area contributed by atoms with Crippen molar-refractivity contribution in [3.8, 4) is 23.0 Å². The molecule has 158 valence electrons. The second-order valence-electron chi connectivity index (χ2n) is 7.56. The molecule has 1 atom stereocenters. The van der Waals surface area contributed by atoms with Crippen LogP contribution in [-0.4, -0.2) is 38.2 Å². The van der Waals surface area contributed by atoms with E-state index in [0.717, 1.165) is 46.0 Å². The summed E-state index contributed by atoms with van der Waals surface area (Å²) in [6.45, 7) is 6.76. The van der Waals surface area contributed by atoms with E-state index in [9.17, 15) is 4.79 Å². The van der Waals surface area contributed by atoms with Crippen molar-refractivity contribution in [1.82, 2.24) is 4.90 Å². The third-order valence-electron chi connectivity index (χ3n) is 5.75. The molecule has 0 N–H and O–H groups in total. The average molecular weight is 409 g/mol. The van der Waals surface area contributed by atoms with Gasteiger partial charge >= 0.3 is 0 Å². The van der Waals surface area contributed by atoms with Crippen LogP contribution >= 0.6 is 0 Å². The third kappa shape index (κ3) is 3.26. The highest BCUT2D eigenvalue weighted by Gasteiger charge is 2.34. The normalized spacial score (nSPS) is 16.8. The van der Waals surface area contributed by atoms with Crippen LogP contribution in [-0.2, 0) is 4.79 Å². The Bertz CT molecular complexity index is 1030. The highest BCUT2D eigenvalue weighted by Crippen LogP contribution is 2.49. The standard InChI is InChI=1S/C24H27NO5/c1-6-25-18(17-12-22-21(9-14(17)2)29-13-30-22)11-16-7-8-20(27-4)24(28-5)23(16)19(25)10-15(3)26/h7-9,11-12,19H,6,10,13H2,1-5H3. The van der Waals surface area contributed by atoms with Gasteiger partial charge in [-0.1, -0.05) is 6.07 Å². The number of hydrogen-bond acceptors (Lipinski definition) is 6.